The highest BCUT2D eigenvalue weighted by atomic mass is 32.1. The SMILES string of the molecule is CC(C)Oc1ccc(-c2ncc(C3=CCC=CC4=C3CCC4NCc3ncc[nH]3)s2)cc1C#N. The van der Waals surface area contributed by atoms with Gasteiger partial charge >= 0.3 is 0 Å². The average molecular weight is 470 g/mol. The molecule has 2 aliphatic rings. The Kier molecular flexibility index (Phi) is 6.43. The molecule has 2 aliphatic carbocycles. The minimum atomic E-state index is 0.0199. The Morgan fingerprint density at radius 2 is 2.24 bits per heavy atom. The van der Waals surface area contributed by atoms with Crippen LogP contribution in [0.2, 0.25) is 0 Å². The Bertz CT molecular complexity index is 1310. The smallest absolute Gasteiger partial charge is 0.137 e. The number of nitriles is 1. The van der Waals surface area contributed by atoms with Crippen molar-refractivity contribution in [1.82, 2.24) is 20.3 Å². The second kappa shape index (κ2) is 9.80. The number of thiazole rings is 1. The first-order valence-corrected chi connectivity index (χ1v) is 12.4. The third kappa shape index (κ3) is 4.60. The molecule has 3 aromatic rings. The number of nitrogens with one attached hydrogen (secondary N) is 2. The summed E-state index contributed by atoms with van der Waals surface area (Å²) in [5.74, 6) is 1.57. The van der Waals surface area contributed by atoms with E-state index in [4.69, 9.17) is 9.72 Å². The predicted octanol–water partition coefficient (Wildman–Crippen LogP) is 5.78. The Morgan fingerprint density at radius 1 is 1.32 bits per heavy atom. The number of aromatic nitrogens is 3. The van der Waals surface area contributed by atoms with Gasteiger partial charge in [-0.05, 0) is 68.0 Å². The number of nitrogens with zero attached hydrogens (tertiary/aromatic N) is 3. The number of rotatable bonds is 7. The number of H-pyrrole nitrogens is 1. The van der Waals surface area contributed by atoms with Crippen molar-refractivity contribution in [3.63, 3.8) is 0 Å². The molecule has 7 heteroatoms. The van der Waals surface area contributed by atoms with E-state index >= 15 is 0 Å². The molecule has 0 saturated heterocycles. The molecule has 172 valence electrons. The summed E-state index contributed by atoms with van der Waals surface area (Å²) in [4.78, 5) is 13.4. The van der Waals surface area contributed by atoms with Crippen LogP contribution in [-0.2, 0) is 6.54 Å². The van der Waals surface area contributed by atoms with Gasteiger partial charge in [-0.1, -0.05) is 18.2 Å². The van der Waals surface area contributed by atoms with Crippen LogP contribution >= 0.6 is 11.3 Å². The molecule has 0 amide bonds. The van der Waals surface area contributed by atoms with Crippen LogP contribution in [0.25, 0.3) is 16.1 Å². The molecule has 0 aliphatic heterocycles. The molecule has 0 spiro atoms. The average Bonchev–Trinajstić information content (AvgIpc) is 3.58. The molecule has 0 radical (unpaired) electrons. The number of hydrogen-bond donors (Lipinski definition) is 2. The highest BCUT2D eigenvalue weighted by Crippen LogP contribution is 2.42. The van der Waals surface area contributed by atoms with E-state index in [0.29, 0.717) is 17.4 Å². The molecule has 0 fully saturated rings. The highest BCUT2D eigenvalue weighted by Gasteiger charge is 2.28. The third-order valence-electron chi connectivity index (χ3n) is 6.04. The van der Waals surface area contributed by atoms with Gasteiger partial charge in [-0.25, -0.2) is 9.97 Å². The molecule has 2 heterocycles. The van der Waals surface area contributed by atoms with Gasteiger partial charge in [0.25, 0.3) is 0 Å². The maximum Gasteiger partial charge on any atom is 0.137 e. The summed E-state index contributed by atoms with van der Waals surface area (Å²) in [5, 5.41) is 14.2. The third-order valence-corrected chi connectivity index (χ3v) is 7.12. The maximum absolute atomic E-state index is 9.59. The highest BCUT2D eigenvalue weighted by molar-refractivity contribution is 7.16. The van der Waals surface area contributed by atoms with Crippen molar-refractivity contribution in [2.24, 2.45) is 0 Å². The number of imidazole rings is 1. The molecule has 0 saturated carbocycles. The van der Waals surface area contributed by atoms with E-state index in [2.05, 4.69) is 39.6 Å². The van der Waals surface area contributed by atoms with E-state index < -0.39 is 0 Å². The van der Waals surface area contributed by atoms with Gasteiger partial charge in [-0.15, -0.1) is 11.3 Å². The van der Waals surface area contributed by atoms with Crippen LogP contribution in [0, 0.1) is 11.3 Å². The first-order valence-electron chi connectivity index (χ1n) is 11.6. The zero-order chi connectivity index (χ0) is 23.5. The normalized spacial score (nSPS) is 17.5. The summed E-state index contributed by atoms with van der Waals surface area (Å²) >= 11 is 1.68. The van der Waals surface area contributed by atoms with Crippen LogP contribution in [0.15, 0.2) is 66.2 Å². The number of benzene rings is 1. The maximum atomic E-state index is 9.59. The van der Waals surface area contributed by atoms with Crippen molar-refractivity contribution in [3.8, 4) is 22.4 Å². The molecule has 6 nitrogen and oxygen atoms in total. The fourth-order valence-electron chi connectivity index (χ4n) is 4.52. The van der Waals surface area contributed by atoms with E-state index in [1.165, 1.54) is 21.6 Å². The number of allylic oxidation sites excluding steroid dienone is 4. The zero-order valence-corrected chi connectivity index (χ0v) is 20.2. The molecular weight excluding hydrogens is 442 g/mol. The van der Waals surface area contributed by atoms with E-state index in [1.54, 1.807) is 17.5 Å². The van der Waals surface area contributed by atoms with Crippen molar-refractivity contribution >= 4 is 16.9 Å². The molecule has 2 aromatic heterocycles. The van der Waals surface area contributed by atoms with E-state index in [-0.39, 0.29) is 6.10 Å². The summed E-state index contributed by atoms with van der Waals surface area (Å²) in [7, 11) is 0. The first kappa shape index (κ1) is 22.3. The Balaban J connectivity index is 1.39. The second-order valence-electron chi connectivity index (χ2n) is 8.72. The summed E-state index contributed by atoms with van der Waals surface area (Å²) < 4.78 is 5.77. The molecule has 1 atom stereocenters. The number of aromatic amines is 1. The lowest BCUT2D eigenvalue weighted by molar-refractivity contribution is 0.242. The topological polar surface area (TPSA) is 86.6 Å². The quantitative estimate of drug-likeness (QED) is 0.458. The summed E-state index contributed by atoms with van der Waals surface area (Å²) in [5.41, 5.74) is 5.53. The first-order chi connectivity index (χ1) is 16.6. The molecule has 0 bridgehead atoms. The minimum absolute atomic E-state index is 0.0199. The van der Waals surface area contributed by atoms with Crippen molar-refractivity contribution in [2.75, 3.05) is 0 Å². The zero-order valence-electron chi connectivity index (χ0n) is 19.3. The van der Waals surface area contributed by atoms with Crippen molar-refractivity contribution in [2.45, 2.75) is 51.8 Å². The Morgan fingerprint density at radius 3 is 3.03 bits per heavy atom. The van der Waals surface area contributed by atoms with Gasteiger partial charge in [0, 0.05) is 30.2 Å². The molecule has 34 heavy (non-hydrogen) atoms. The fraction of sp³-hybridized carbons (Fsp3) is 0.296. The lowest BCUT2D eigenvalue weighted by Gasteiger charge is -2.14. The summed E-state index contributed by atoms with van der Waals surface area (Å²) in [6.07, 6.45) is 15.5. The van der Waals surface area contributed by atoms with Crippen LogP contribution < -0.4 is 10.1 Å². The Labute approximate surface area is 203 Å². The summed E-state index contributed by atoms with van der Waals surface area (Å²) in [6.45, 7) is 4.64. The van der Waals surface area contributed by atoms with E-state index in [0.717, 1.165) is 42.2 Å². The second-order valence-corrected chi connectivity index (χ2v) is 9.75. The lowest BCUT2D eigenvalue weighted by Crippen LogP contribution is -2.28. The molecular formula is C27H27N5OS. The molecule has 5 rings (SSSR count). The van der Waals surface area contributed by atoms with E-state index in [1.807, 2.05) is 44.4 Å². The van der Waals surface area contributed by atoms with Crippen LogP contribution in [0.1, 0.15) is 49.4 Å². The standard InChI is InChI=1S/C27H27N5OS/c1-17(2)33-24-10-7-18(13-19(24)14-28)27-32-15-25(34-27)22-6-4-3-5-21-20(22)8-9-23(21)31-16-26-29-11-12-30-26/h3,5-7,10-13,15,17,23,31H,4,8-9,16H2,1-2H3,(H,29,30). The van der Waals surface area contributed by atoms with Crippen molar-refractivity contribution < 1.29 is 4.74 Å². The predicted molar refractivity (Wildman–Crippen MR) is 135 cm³/mol. The van der Waals surface area contributed by atoms with E-state index in [9.17, 15) is 5.26 Å². The van der Waals surface area contributed by atoms with Crippen LogP contribution in [0.4, 0.5) is 0 Å². The van der Waals surface area contributed by atoms with Gasteiger partial charge < -0.3 is 15.0 Å². The van der Waals surface area contributed by atoms with Gasteiger partial charge in [-0.2, -0.15) is 5.26 Å². The molecule has 2 N–H and O–H groups in total. The van der Waals surface area contributed by atoms with Gasteiger partial charge in [0.15, 0.2) is 0 Å². The van der Waals surface area contributed by atoms with Gasteiger partial charge in [-0.3, -0.25) is 0 Å². The fourth-order valence-corrected chi connectivity index (χ4v) is 5.51. The van der Waals surface area contributed by atoms with Crippen LogP contribution in [0.3, 0.4) is 0 Å². The number of hydrogen-bond acceptors (Lipinski definition) is 6. The van der Waals surface area contributed by atoms with Gasteiger partial charge in [0.1, 0.15) is 22.7 Å². The van der Waals surface area contributed by atoms with Crippen LogP contribution in [-0.4, -0.2) is 27.1 Å². The minimum Gasteiger partial charge on any atom is -0.490 e. The monoisotopic (exact) mass is 469 g/mol. The van der Waals surface area contributed by atoms with Crippen LogP contribution in [0.5, 0.6) is 5.75 Å². The number of ether oxygens (including phenoxy) is 1. The summed E-state index contributed by atoms with van der Waals surface area (Å²) in [6, 6.07) is 8.30. The largest absolute Gasteiger partial charge is 0.490 e. The molecule has 1 aromatic carbocycles. The van der Waals surface area contributed by atoms with Gasteiger partial charge in [0.2, 0.25) is 0 Å². The Hall–Kier alpha value is -3.47. The van der Waals surface area contributed by atoms with Crippen molar-refractivity contribution in [3.05, 3.63) is 82.4 Å². The van der Waals surface area contributed by atoms with Crippen molar-refractivity contribution in [1.29, 1.82) is 5.26 Å². The van der Waals surface area contributed by atoms with Gasteiger partial charge in [0.05, 0.1) is 23.1 Å². The lowest BCUT2D eigenvalue weighted by atomic mass is 10.0. The molecule has 1 unspecified atom stereocenters.